The van der Waals surface area contributed by atoms with Crippen molar-refractivity contribution in [1.29, 1.82) is 0 Å². The van der Waals surface area contributed by atoms with Gasteiger partial charge >= 0.3 is 0 Å². The van der Waals surface area contributed by atoms with Crippen LogP contribution in [0.25, 0.3) is 0 Å². The van der Waals surface area contributed by atoms with Crippen LogP contribution in [0.4, 0.5) is 5.69 Å². The van der Waals surface area contributed by atoms with Crippen molar-refractivity contribution in [3.8, 4) is 11.5 Å². The van der Waals surface area contributed by atoms with E-state index in [4.69, 9.17) is 9.47 Å². The number of nitrogens with one attached hydrogen (secondary N) is 2. The monoisotopic (exact) mass is 386 g/mol. The SMILES string of the molecule is COc1ccc(OC)c(NC(=O)CC(C)NC2CCSc3ccccc32)c1. The van der Waals surface area contributed by atoms with E-state index in [0.29, 0.717) is 23.6 Å². The molecule has 0 spiro atoms. The van der Waals surface area contributed by atoms with E-state index in [2.05, 4.69) is 34.9 Å². The Morgan fingerprint density at radius 3 is 2.81 bits per heavy atom. The fraction of sp³-hybridized carbons (Fsp3) is 0.381. The van der Waals surface area contributed by atoms with Crippen molar-refractivity contribution in [2.45, 2.75) is 36.7 Å². The van der Waals surface area contributed by atoms with Crippen molar-refractivity contribution in [1.82, 2.24) is 5.32 Å². The lowest BCUT2D eigenvalue weighted by atomic mass is 10.0. The van der Waals surface area contributed by atoms with E-state index in [1.54, 1.807) is 32.4 Å². The van der Waals surface area contributed by atoms with Crippen LogP contribution in [0.15, 0.2) is 47.4 Å². The highest BCUT2D eigenvalue weighted by Gasteiger charge is 2.22. The minimum Gasteiger partial charge on any atom is -0.497 e. The lowest BCUT2D eigenvalue weighted by Crippen LogP contribution is -2.35. The number of ether oxygens (including phenoxy) is 2. The Morgan fingerprint density at radius 1 is 1.22 bits per heavy atom. The third-order valence-electron chi connectivity index (χ3n) is 4.62. The molecule has 2 atom stereocenters. The second-order valence-electron chi connectivity index (χ2n) is 6.61. The van der Waals surface area contributed by atoms with Gasteiger partial charge in [-0.3, -0.25) is 4.79 Å². The van der Waals surface area contributed by atoms with E-state index in [0.717, 1.165) is 12.2 Å². The van der Waals surface area contributed by atoms with Crippen molar-refractivity contribution in [2.24, 2.45) is 0 Å². The number of amides is 1. The zero-order valence-corrected chi connectivity index (χ0v) is 16.8. The van der Waals surface area contributed by atoms with Crippen molar-refractivity contribution < 1.29 is 14.3 Å². The molecule has 2 unspecified atom stereocenters. The van der Waals surface area contributed by atoms with E-state index < -0.39 is 0 Å². The summed E-state index contributed by atoms with van der Waals surface area (Å²) < 4.78 is 10.6. The zero-order valence-electron chi connectivity index (χ0n) is 16.0. The zero-order chi connectivity index (χ0) is 19.2. The molecule has 2 aromatic carbocycles. The molecule has 0 saturated heterocycles. The Morgan fingerprint density at radius 2 is 2.04 bits per heavy atom. The predicted octanol–water partition coefficient (Wildman–Crippen LogP) is 4.25. The Labute approximate surface area is 164 Å². The lowest BCUT2D eigenvalue weighted by Gasteiger charge is -2.28. The Bertz CT molecular complexity index is 797. The Kier molecular flexibility index (Phi) is 6.63. The number of benzene rings is 2. The number of carbonyl (C=O) groups is 1. The molecule has 1 aliphatic heterocycles. The van der Waals surface area contributed by atoms with Crippen molar-refractivity contribution in [3.05, 3.63) is 48.0 Å². The Balaban J connectivity index is 1.60. The maximum Gasteiger partial charge on any atom is 0.226 e. The number of fused-ring (bicyclic) bond motifs is 1. The van der Waals surface area contributed by atoms with Crippen LogP contribution in [0.3, 0.4) is 0 Å². The molecule has 0 saturated carbocycles. The summed E-state index contributed by atoms with van der Waals surface area (Å²) in [5, 5.41) is 6.55. The molecule has 3 rings (SSSR count). The molecule has 1 heterocycles. The molecule has 0 aromatic heterocycles. The molecule has 1 amide bonds. The second-order valence-corrected chi connectivity index (χ2v) is 7.75. The molecule has 144 valence electrons. The summed E-state index contributed by atoms with van der Waals surface area (Å²) in [4.78, 5) is 13.9. The van der Waals surface area contributed by atoms with Gasteiger partial charge < -0.3 is 20.1 Å². The van der Waals surface area contributed by atoms with Gasteiger partial charge in [-0.05, 0) is 42.9 Å². The topological polar surface area (TPSA) is 59.6 Å². The largest absolute Gasteiger partial charge is 0.497 e. The second kappa shape index (κ2) is 9.15. The van der Waals surface area contributed by atoms with E-state index >= 15 is 0 Å². The molecule has 27 heavy (non-hydrogen) atoms. The minimum atomic E-state index is -0.0555. The van der Waals surface area contributed by atoms with Crippen LogP contribution in [-0.2, 0) is 4.79 Å². The van der Waals surface area contributed by atoms with Crippen molar-refractivity contribution >= 4 is 23.4 Å². The molecule has 2 N–H and O–H groups in total. The number of hydrogen-bond donors (Lipinski definition) is 2. The lowest BCUT2D eigenvalue weighted by molar-refractivity contribution is -0.116. The van der Waals surface area contributed by atoms with Crippen LogP contribution in [-0.4, -0.2) is 31.9 Å². The highest BCUT2D eigenvalue weighted by atomic mass is 32.2. The number of anilines is 1. The first kappa shape index (κ1) is 19.6. The first-order valence-electron chi connectivity index (χ1n) is 9.10. The summed E-state index contributed by atoms with van der Waals surface area (Å²) in [6.45, 7) is 2.05. The summed E-state index contributed by atoms with van der Waals surface area (Å²) >= 11 is 1.90. The number of hydrogen-bond acceptors (Lipinski definition) is 5. The van der Waals surface area contributed by atoms with Crippen molar-refractivity contribution in [2.75, 3.05) is 25.3 Å². The van der Waals surface area contributed by atoms with Crippen LogP contribution in [0, 0.1) is 0 Å². The Hall–Kier alpha value is -2.18. The van der Waals surface area contributed by atoms with Crippen LogP contribution in [0.2, 0.25) is 0 Å². The molecule has 0 fully saturated rings. The van der Waals surface area contributed by atoms with Crippen LogP contribution < -0.4 is 20.1 Å². The summed E-state index contributed by atoms with van der Waals surface area (Å²) in [6.07, 6.45) is 1.45. The van der Waals surface area contributed by atoms with E-state index in [1.807, 2.05) is 18.7 Å². The molecule has 0 bridgehead atoms. The van der Waals surface area contributed by atoms with Gasteiger partial charge in [-0.25, -0.2) is 0 Å². The minimum absolute atomic E-state index is 0.0555. The van der Waals surface area contributed by atoms with Gasteiger partial charge in [0.2, 0.25) is 5.91 Å². The number of thioether (sulfide) groups is 1. The average molecular weight is 387 g/mol. The first-order valence-corrected chi connectivity index (χ1v) is 10.1. The van der Waals surface area contributed by atoms with Gasteiger partial charge in [0, 0.05) is 29.5 Å². The molecule has 5 nitrogen and oxygen atoms in total. The van der Waals surface area contributed by atoms with Gasteiger partial charge in [-0.15, -0.1) is 11.8 Å². The number of methoxy groups -OCH3 is 2. The fourth-order valence-electron chi connectivity index (χ4n) is 3.31. The predicted molar refractivity (Wildman–Crippen MR) is 110 cm³/mol. The van der Waals surface area contributed by atoms with Gasteiger partial charge in [0.25, 0.3) is 0 Å². The number of carbonyl (C=O) groups excluding carboxylic acids is 1. The summed E-state index contributed by atoms with van der Waals surface area (Å²) in [5.74, 6) is 2.32. The molecule has 0 radical (unpaired) electrons. The van der Waals surface area contributed by atoms with Gasteiger partial charge in [0.15, 0.2) is 0 Å². The average Bonchev–Trinajstić information content (AvgIpc) is 2.68. The molecule has 6 heteroatoms. The molecular weight excluding hydrogens is 360 g/mol. The molecule has 2 aromatic rings. The van der Waals surface area contributed by atoms with Gasteiger partial charge in [-0.2, -0.15) is 0 Å². The van der Waals surface area contributed by atoms with E-state index in [-0.39, 0.29) is 18.0 Å². The van der Waals surface area contributed by atoms with Crippen molar-refractivity contribution in [3.63, 3.8) is 0 Å². The summed E-state index contributed by atoms with van der Waals surface area (Å²) in [6, 6.07) is 14.2. The normalized spacial score (nSPS) is 16.9. The van der Waals surface area contributed by atoms with Gasteiger partial charge in [-0.1, -0.05) is 18.2 Å². The third-order valence-corrected chi connectivity index (χ3v) is 5.74. The quantitative estimate of drug-likeness (QED) is 0.745. The molecule has 1 aliphatic rings. The first-order chi connectivity index (χ1) is 13.1. The third kappa shape index (κ3) is 4.96. The van der Waals surface area contributed by atoms with E-state index in [9.17, 15) is 4.79 Å². The smallest absolute Gasteiger partial charge is 0.226 e. The summed E-state index contributed by atoms with van der Waals surface area (Å²) in [7, 11) is 3.18. The standard InChI is InChI=1S/C21H26N2O3S/c1-14(22-17-10-11-27-20-7-5-4-6-16(17)20)12-21(24)23-18-13-15(25-2)8-9-19(18)26-3/h4-9,13-14,17,22H,10-12H2,1-3H3,(H,23,24). The van der Waals surface area contributed by atoms with Crippen LogP contribution in [0.5, 0.6) is 11.5 Å². The van der Waals surface area contributed by atoms with Crippen LogP contribution >= 0.6 is 11.8 Å². The highest BCUT2D eigenvalue weighted by Crippen LogP contribution is 2.36. The summed E-state index contributed by atoms with van der Waals surface area (Å²) in [5.41, 5.74) is 1.95. The molecular formula is C21H26N2O3S. The highest BCUT2D eigenvalue weighted by molar-refractivity contribution is 7.99. The maximum absolute atomic E-state index is 12.5. The maximum atomic E-state index is 12.5. The van der Waals surface area contributed by atoms with Crippen LogP contribution in [0.1, 0.15) is 31.4 Å². The fourth-order valence-corrected chi connectivity index (χ4v) is 4.43. The number of rotatable bonds is 7. The van der Waals surface area contributed by atoms with E-state index in [1.165, 1.54) is 10.5 Å². The van der Waals surface area contributed by atoms with Gasteiger partial charge in [0.05, 0.1) is 19.9 Å². The molecule has 0 aliphatic carbocycles. The van der Waals surface area contributed by atoms with Gasteiger partial charge in [0.1, 0.15) is 11.5 Å².